The Morgan fingerprint density at radius 2 is 1.93 bits per heavy atom. The van der Waals surface area contributed by atoms with Crippen LogP contribution in [-0.4, -0.2) is 56.6 Å². The van der Waals surface area contributed by atoms with Gasteiger partial charge >= 0.3 is 5.69 Å². The fourth-order valence-corrected chi connectivity index (χ4v) is 4.19. The molecule has 0 amide bonds. The number of aromatic nitrogens is 3. The Kier molecular flexibility index (Phi) is 6.41. The van der Waals surface area contributed by atoms with Crippen molar-refractivity contribution >= 4 is 18.4 Å². The Hall–Kier alpha value is -1.34. The molecule has 0 saturated carbocycles. The average Bonchev–Trinajstić information content (AvgIpc) is 2.88. The van der Waals surface area contributed by atoms with Crippen molar-refractivity contribution in [2.45, 2.75) is 70.7 Å². The molecule has 0 aliphatic carbocycles. The summed E-state index contributed by atoms with van der Waals surface area (Å²) in [4.78, 5) is 25.8. The Balaban J connectivity index is 2.27. The molecular formula is C16H29N3O7SSi. The second-order valence-corrected chi connectivity index (χ2v) is 15.0. The van der Waals surface area contributed by atoms with Crippen molar-refractivity contribution in [2.24, 2.45) is 0 Å². The molecule has 1 aromatic heterocycles. The summed E-state index contributed by atoms with van der Waals surface area (Å²) >= 11 is 0. The van der Waals surface area contributed by atoms with Gasteiger partial charge in [0.15, 0.2) is 14.5 Å². The first-order valence-electron chi connectivity index (χ1n) is 8.98. The van der Waals surface area contributed by atoms with Crippen molar-refractivity contribution in [3.05, 3.63) is 26.5 Å². The van der Waals surface area contributed by atoms with Crippen LogP contribution in [0.5, 0.6) is 0 Å². The van der Waals surface area contributed by atoms with Crippen molar-refractivity contribution in [3.63, 3.8) is 0 Å². The zero-order valence-corrected chi connectivity index (χ0v) is 19.1. The summed E-state index contributed by atoms with van der Waals surface area (Å²) in [5.74, 6) is 0. The zero-order valence-electron chi connectivity index (χ0n) is 17.3. The predicted octanol–water partition coefficient (Wildman–Crippen LogP) is 0.894. The van der Waals surface area contributed by atoms with Gasteiger partial charge < -0.3 is 9.16 Å². The van der Waals surface area contributed by atoms with E-state index in [1.54, 1.807) is 0 Å². The molecule has 1 saturated heterocycles. The van der Waals surface area contributed by atoms with Gasteiger partial charge in [-0.2, -0.15) is 18.2 Å². The van der Waals surface area contributed by atoms with Crippen molar-refractivity contribution in [1.82, 2.24) is 14.8 Å². The molecule has 10 nitrogen and oxygen atoms in total. The summed E-state index contributed by atoms with van der Waals surface area (Å²) < 4.78 is 41.5. The van der Waals surface area contributed by atoms with Gasteiger partial charge in [0.1, 0.15) is 17.9 Å². The molecule has 28 heavy (non-hydrogen) atoms. The van der Waals surface area contributed by atoms with Crippen LogP contribution in [0.1, 0.15) is 39.1 Å². The molecule has 0 radical (unpaired) electrons. The summed E-state index contributed by atoms with van der Waals surface area (Å²) in [5.41, 5.74) is -1.21. The van der Waals surface area contributed by atoms with E-state index >= 15 is 0 Å². The molecule has 1 aromatic rings. The van der Waals surface area contributed by atoms with Crippen LogP contribution in [0.4, 0.5) is 0 Å². The van der Waals surface area contributed by atoms with Gasteiger partial charge in [0, 0.05) is 6.42 Å². The van der Waals surface area contributed by atoms with Gasteiger partial charge in [-0.15, -0.1) is 0 Å². The molecule has 0 bridgehead atoms. The summed E-state index contributed by atoms with van der Waals surface area (Å²) in [6.45, 7) is 12.0. The monoisotopic (exact) mass is 435 g/mol. The minimum atomic E-state index is -3.74. The van der Waals surface area contributed by atoms with E-state index in [2.05, 4.69) is 43.9 Å². The van der Waals surface area contributed by atoms with E-state index in [4.69, 9.17) is 13.3 Å². The molecule has 2 rings (SSSR count). The lowest BCUT2D eigenvalue weighted by molar-refractivity contribution is -0.0441. The predicted molar refractivity (Wildman–Crippen MR) is 105 cm³/mol. The third-order valence-corrected chi connectivity index (χ3v) is 10.3. The van der Waals surface area contributed by atoms with Crippen LogP contribution in [0.15, 0.2) is 9.59 Å². The summed E-state index contributed by atoms with van der Waals surface area (Å²) in [6.07, 6.45) is -1.36. The largest absolute Gasteiger partial charge is 0.414 e. The Labute approximate surface area is 165 Å². The van der Waals surface area contributed by atoms with Crippen LogP contribution in [-0.2, 0) is 23.5 Å². The van der Waals surface area contributed by atoms with E-state index in [1.165, 1.54) is 6.92 Å². The lowest BCUT2D eigenvalue weighted by Crippen LogP contribution is -2.44. The van der Waals surface area contributed by atoms with Crippen LogP contribution in [0, 0.1) is 6.92 Å². The summed E-state index contributed by atoms with van der Waals surface area (Å²) in [7, 11) is -5.85. The molecule has 0 spiro atoms. The molecule has 1 aliphatic rings. The number of H-pyrrole nitrogens is 1. The Morgan fingerprint density at radius 3 is 2.46 bits per heavy atom. The highest BCUT2D eigenvalue weighted by atomic mass is 32.2. The summed E-state index contributed by atoms with van der Waals surface area (Å²) in [6, 6.07) is 0. The molecule has 0 unspecified atom stereocenters. The lowest BCUT2D eigenvalue weighted by atomic mass is 10.2. The van der Waals surface area contributed by atoms with Crippen LogP contribution < -0.4 is 11.2 Å². The second kappa shape index (κ2) is 7.82. The molecular weight excluding hydrogens is 406 g/mol. The van der Waals surface area contributed by atoms with E-state index < -0.39 is 48.1 Å². The van der Waals surface area contributed by atoms with Gasteiger partial charge in [0.05, 0.1) is 12.9 Å². The van der Waals surface area contributed by atoms with Crippen molar-refractivity contribution in [1.29, 1.82) is 0 Å². The Morgan fingerprint density at radius 1 is 1.32 bits per heavy atom. The highest BCUT2D eigenvalue weighted by Gasteiger charge is 2.43. The number of aromatic amines is 1. The minimum absolute atomic E-state index is 0.0350. The van der Waals surface area contributed by atoms with Crippen molar-refractivity contribution < 1.29 is 21.8 Å². The van der Waals surface area contributed by atoms with E-state index in [9.17, 15) is 18.0 Å². The first kappa shape index (κ1) is 22.9. The third kappa shape index (κ3) is 5.38. The van der Waals surface area contributed by atoms with Crippen LogP contribution >= 0.6 is 0 Å². The van der Waals surface area contributed by atoms with Gasteiger partial charge in [-0.3, -0.25) is 14.0 Å². The molecule has 0 aromatic carbocycles. The number of hydrogen-bond acceptors (Lipinski definition) is 8. The fourth-order valence-electron chi connectivity index (χ4n) is 2.52. The zero-order chi connectivity index (χ0) is 21.5. The topological polar surface area (TPSA) is 130 Å². The quantitative estimate of drug-likeness (QED) is 0.515. The molecule has 3 atom stereocenters. The molecule has 1 aliphatic heterocycles. The number of nitrogens with one attached hydrogen (secondary N) is 1. The maximum absolute atomic E-state index is 12.1. The lowest BCUT2D eigenvalue weighted by Gasteiger charge is -2.37. The van der Waals surface area contributed by atoms with Crippen LogP contribution in [0.3, 0.4) is 0 Å². The minimum Gasteiger partial charge on any atom is -0.414 e. The molecule has 1 fully saturated rings. The highest BCUT2D eigenvalue weighted by molar-refractivity contribution is 7.86. The van der Waals surface area contributed by atoms with Gasteiger partial charge in [0.2, 0.25) is 0 Å². The van der Waals surface area contributed by atoms with Crippen molar-refractivity contribution in [2.75, 3.05) is 12.9 Å². The standard InChI is InChI=1S/C16H29N3O7SSi/c1-10-14(20)17-15(21)19(18-10)13-8-11(26-27(5,22)23)12(25-13)9-24-28(6,7)16(2,3)4/h11-13H,8-9H2,1-7H3,(H,17,20,21)/t11-,12+,13+/m0/s1. The third-order valence-electron chi connectivity index (χ3n) is 5.18. The Bertz CT molecular complexity index is 933. The van der Waals surface area contributed by atoms with E-state index in [-0.39, 0.29) is 23.8 Å². The number of aryl methyl sites for hydroxylation is 1. The van der Waals surface area contributed by atoms with E-state index in [0.717, 1.165) is 10.9 Å². The number of nitrogens with zero attached hydrogens (tertiary/aromatic N) is 2. The van der Waals surface area contributed by atoms with Crippen LogP contribution in [0.25, 0.3) is 0 Å². The molecule has 1 N–H and O–H groups in total. The molecule has 2 heterocycles. The first-order chi connectivity index (χ1) is 12.6. The van der Waals surface area contributed by atoms with Gasteiger partial charge in [-0.05, 0) is 25.1 Å². The second-order valence-electron chi connectivity index (χ2n) is 8.56. The fraction of sp³-hybridized carbons (Fsp3) is 0.812. The maximum Gasteiger partial charge on any atom is 0.347 e. The maximum atomic E-state index is 12.1. The number of hydrogen-bond donors (Lipinski definition) is 1. The van der Waals surface area contributed by atoms with Gasteiger partial charge in [-0.1, -0.05) is 20.8 Å². The van der Waals surface area contributed by atoms with E-state index in [1.807, 2.05) is 0 Å². The number of ether oxygens (including phenoxy) is 1. The van der Waals surface area contributed by atoms with Gasteiger partial charge in [0.25, 0.3) is 15.7 Å². The SMILES string of the molecule is Cc1nn([C@H]2C[C@H](OS(C)(=O)=O)[C@@H](CO[Si](C)(C)C(C)(C)C)O2)c(=O)[nH]c1=O. The smallest absolute Gasteiger partial charge is 0.347 e. The molecule has 12 heteroatoms. The normalized spacial score (nSPS) is 23.9. The number of rotatable bonds is 6. The van der Waals surface area contributed by atoms with Crippen LogP contribution in [0.2, 0.25) is 18.1 Å². The van der Waals surface area contributed by atoms with Gasteiger partial charge in [-0.25, -0.2) is 4.79 Å². The first-order valence-corrected chi connectivity index (χ1v) is 13.7. The summed E-state index contributed by atoms with van der Waals surface area (Å²) in [5, 5.41) is 3.93. The highest BCUT2D eigenvalue weighted by Crippen LogP contribution is 2.38. The molecule has 160 valence electrons. The van der Waals surface area contributed by atoms with Crippen molar-refractivity contribution in [3.8, 4) is 0 Å². The van der Waals surface area contributed by atoms with E-state index in [0.29, 0.717) is 0 Å². The average molecular weight is 436 g/mol.